The van der Waals surface area contributed by atoms with Crippen molar-refractivity contribution >= 4 is 29.4 Å². The molecule has 0 bridgehead atoms. The van der Waals surface area contributed by atoms with E-state index in [0.717, 1.165) is 23.1 Å². The molecular formula is C12H13NO5S. The van der Waals surface area contributed by atoms with Gasteiger partial charge in [0, 0.05) is 15.6 Å². The molecule has 0 aromatic rings. The van der Waals surface area contributed by atoms with Crippen LogP contribution in [-0.2, 0) is 19.1 Å². The summed E-state index contributed by atoms with van der Waals surface area (Å²) in [5.74, 6) is -6.44. The molecule has 6 nitrogen and oxygen atoms in total. The number of β-lactam (4-membered cyclic amide) rings is 1. The molecule has 3 aliphatic heterocycles. The Morgan fingerprint density at radius 2 is 2.42 bits per heavy atom. The van der Waals surface area contributed by atoms with Crippen LogP contribution >= 0.6 is 11.8 Å². The van der Waals surface area contributed by atoms with E-state index < -0.39 is 41.9 Å². The zero-order chi connectivity index (χ0) is 17.2. The van der Waals surface area contributed by atoms with Gasteiger partial charge in [0.25, 0.3) is 0 Å². The minimum absolute atomic E-state index is 0.279. The molecule has 0 aromatic heterocycles. The second-order valence-corrected chi connectivity index (χ2v) is 5.53. The first-order valence-electron chi connectivity index (χ1n) is 7.74. The standard InChI is InChI=1S/C12H13NO5S/c1-5(14)7-10(15)13-8(12(16)17)9(19-11(7)13)6-3-2-4-18-6/h6-7,11H,2-4H2,1H3,(H,16,17)/t6-,7?,11-/m1/s1/i1D3,7D. The van der Waals surface area contributed by atoms with Gasteiger partial charge in [0.2, 0.25) is 5.91 Å². The summed E-state index contributed by atoms with van der Waals surface area (Å²) in [4.78, 5) is 36.9. The zero-order valence-electron chi connectivity index (χ0n) is 13.7. The molecule has 0 spiro atoms. The van der Waals surface area contributed by atoms with E-state index in [1.807, 2.05) is 0 Å². The highest BCUT2D eigenvalue weighted by molar-refractivity contribution is 8.04. The highest BCUT2D eigenvalue weighted by Crippen LogP contribution is 2.51. The van der Waals surface area contributed by atoms with Crippen LogP contribution in [0, 0.1) is 5.89 Å². The van der Waals surface area contributed by atoms with Gasteiger partial charge in [0.15, 0.2) is 0 Å². The average Bonchev–Trinajstić information content (AvgIpc) is 3.09. The summed E-state index contributed by atoms with van der Waals surface area (Å²) in [5.41, 5.74) is -0.307. The van der Waals surface area contributed by atoms with Gasteiger partial charge < -0.3 is 9.84 Å². The highest BCUT2D eigenvalue weighted by atomic mass is 32.2. The Bertz CT molecular complexity index is 642. The number of carboxylic acid groups (broad SMARTS) is 1. The van der Waals surface area contributed by atoms with Crippen molar-refractivity contribution in [2.24, 2.45) is 5.89 Å². The number of ether oxygens (including phenoxy) is 1. The molecule has 1 N–H and O–H groups in total. The number of ketones is 1. The van der Waals surface area contributed by atoms with Gasteiger partial charge >= 0.3 is 5.97 Å². The summed E-state index contributed by atoms with van der Waals surface area (Å²) >= 11 is 0.870. The van der Waals surface area contributed by atoms with Crippen LogP contribution in [0.3, 0.4) is 0 Å². The largest absolute Gasteiger partial charge is 0.477 e. The summed E-state index contributed by atoms with van der Waals surface area (Å²) in [6.45, 7) is -2.64. The van der Waals surface area contributed by atoms with E-state index in [1.165, 1.54) is 0 Å². The van der Waals surface area contributed by atoms with E-state index in [2.05, 4.69) is 0 Å². The summed E-state index contributed by atoms with van der Waals surface area (Å²) in [6, 6.07) is 0. The minimum Gasteiger partial charge on any atom is -0.477 e. The van der Waals surface area contributed by atoms with E-state index in [4.69, 9.17) is 10.2 Å². The molecule has 19 heavy (non-hydrogen) atoms. The van der Waals surface area contributed by atoms with Crippen LogP contribution < -0.4 is 0 Å². The molecule has 0 aromatic carbocycles. The molecule has 1 unspecified atom stereocenters. The molecule has 102 valence electrons. The molecular weight excluding hydrogens is 270 g/mol. The lowest BCUT2D eigenvalue weighted by atomic mass is 9.93. The molecule has 2 fully saturated rings. The molecule has 1 amide bonds. The Morgan fingerprint density at radius 3 is 3.00 bits per heavy atom. The van der Waals surface area contributed by atoms with Gasteiger partial charge in [-0.15, -0.1) is 0 Å². The highest BCUT2D eigenvalue weighted by Gasteiger charge is 2.58. The molecule has 0 saturated carbocycles. The first kappa shape index (κ1) is 8.76. The van der Waals surface area contributed by atoms with E-state index >= 15 is 0 Å². The fraction of sp³-hybridized carbons (Fsp3) is 0.583. The lowest BCUT2D eigenvalue weighted by Gasteiger charge is -2.40. The smallest absolute Gasteiger partial charge is 0.353 e. The SMILES string of the molecule is [2H]C([2H])([2H])C(=O)C1([2H])C(=O)N2C(C(=O)O)=C([C@H]3CCCO3)S[C@@H]21. The van der Waals surface area contributed by atoms with E-state index in [9.17, 15) is 19.5 Å². The Labute approximate surface area is 119 Å². The summed E-state index contributed by atoms with van der Waals surface area (Å²) in [5, 5.41) is 8.20. The predicted octanol–water partition coefficient (Wildman–Crippen LogP) is 0.582. The number of hydrogen-bond donors (Lipinski definition) is 1. The molecule has 3 aliphatic rings. The van der Waals surface area contributed by atoms with Gasteiger partial charge in [-0.2, -0.15) is 0 Å². The number of thioether (sulfide) groups is 1. The molecule has 0 aliphatic carbocycles. The first-order chi connectivity index (χ1) is 10.6. The van der Waals surface area contributed by atoms with Crippen molar-refractivity contribution in [3.63, 3.8) is 0 Å². The van der Waals surface area contributed by atoms with Gasteiger partial charge in [-0.1, -0.05) is 11.8 Å². The summed E-state index contributed by atoms with van der Waals surface area (Å²) in [7, 11) is 0. The number of carboxylic acids is 1. The van der Waals surface area contributed by atoms with Crippen molar-refractivity contribution in [1.29, 1.82) is 0 Å². The second kappa shape index (κ2) is 4.35. The number of hydrogen-bond acceptors (Lipinski definition) is 5. The number of aliphatic carboxylic acids is 1. The fourth-order valence-electron chi connectivity index (χ4n) is 2.46. The van der Waals surface area contributed by atoms with Crippen LogP contribution in [0.4, 0.5) is 0 Å². The molecule has 0 radical (unpaired) electrons. The molecule has 3 rings (SSSR count). The quantitative estimate of drug-likeness (QED) is 0.604. The average molecular weight is 287 g/mol. The Kier molecular flexibility index (Phi) is 2.00. The fourth-order valence-corrected chi connectivity index (χ4v) is 3.97. The maximum absolute atomic E-state index is 12.2. The summed E-state index contributed by atoms with van der Waals surface area (Å²) < 4.78 is 35.0. The number of fused-ring (bicyclic) bond motifs is 1. The molecule has 3 heterocycles. The number of amides is 1. The van der Waals surface area contributed by atoms with Crippen molar-refractivity contribution in [1.82, 2.24) is 4.90 Å². The third kappa shape index (κ3) is 1.72. The van der Waals surface area contributed by atoms with Crippen LogP contribution in [0.15, 0.2) is 10.6 Å². The van der Waals surface area contributed by atoms with Crippen LogP contribution in [-0.4, -0.2) is 45.8 Å². The van der Waals surface area contributed by atoms with Crippen molar-refractivity contribution in [2.75, 3.05) is 6.61 Å². The van der Waals surface area contributed by atoms with Crippen LogP contribution in [0.2, 0.25) is 0 Å². The third-order valence-electron chi connectivity index (χ3n) is 3.31. The lowest BCUT2D eigenvalue weighted by Crippen LogP contribution is -2.59. The number of nitrogens with zero attached hydrogens (tertiary/aromatic N) is 1. The normalized spacial score (nSPS) is 41.1. The number of carbonyl (C=O) groups is 3. The molecule has 2 saturated heterocycles. The third-order valence-corrected chi connectivity index (χ3v) is 4.69. The van der Waals surface area contributed by atoms with Crippen LogP contribution in [0.1, 0.15) is 25.2 Å². The van der Waals surface area contributed by atoms with Gasteiger partial charge in [-0.05, 0) is 19.7 Å². The molecule has 3 atom stereocenters. The number of Topliss-reactive ketones (excluding diaryl/α,β-unsaturated/α-hetero) is 1. The monoisotopic (exact) mass is 287 g/mol. The van der Waals surface area contributed by atoms with E-state index in [0.29, 0.717) is 13.0 Å². The minimum atomic E-state index is -3.10. The van der Waals surface area contributed by atoms with E-state index in [1.54, 1.807) is 0 Å². The van der Waals surface area contributed by atoms with Crippen molar-refractivity contribution in [3.8, 4) is 0 Å². The van der Waals surface area contributed by atoms with Gasteiger partial charge in [0.1, 0.15) is 22.7 Å². The van der Waals surface area contributed by atoms with Crippen molar-refractivity contribution in [3.05, 3.63) is 10.6 Å². The van der Waals surface area contributed by atoms with Gasteiger partial charge in [0.05, 0.1) is 7.47 Å². The van der Waals surface area contributed by atoms with Crippen molar-refractivity contribution < 1.29 is 29.7 Å². The van der Waals surface area contributed by atoms with Gasteiger partial charge in [-0.25, -0.2) is 4.79 Å². The zero-order valence-corrected chi connectivity index (χ0v) is 10.5. The number of rotatable bonds is 3. The topological polar surface area (TPSA) is 83.9 Å². The number of carbonyl (C=O) groups excluding carboxylic acids is 2. The lowest BCUT2D eigenvalue weighted by molar-refractivity contribution is -0.155. The second-order valence-electron chi connectivity index (χ2n) is 4.41. The van der Waals surface area contributed by atoms with Crippen LogP contribution in [0.25, 0.3) is 0 Å². The van der Waals surface area contributed by atoms with Gasteiger partial charge in [-0.3, -0.25) is 14.5 Å². The first-order valence-corrected chi connectivity index (χ1v) is 6.62. The van der Waals surface area contributed by atoms with E-state index in [-0.39, 0.29) is 10.6 Å². The summed E-state index contributed by atoms with van der Waals surface area (Å²) in [6.07, 6.45) is 0.809. The Balaban J connectivity index is 1.96. The maximum atomic E-state index is 12.2. The van der Waals surface area contributed by atoms with Crippen molar-refractivity contribution in [2.45, 2.75) is 31.2 Å². The predicted molar refractivity (Wildman–Crippen MR) is 66.0 cm³/mol. The maximum Gasteiger partial charge on any atom is 0.353 e. The Morgan fingerprint density at radius 1 is 1.63 bits per heavy atom. The Hall–Kier alpha value is -1.34. The van der Waals surface area contributed by atoms with Crippen LogP contribution in [0.5, 0.6) is 0 Å². The molecule has 7 heteroatoms.